The minimum absolute atomic E-state index is 0.167. The van der Waals surface area contributed by atoms with E-state index in [9.17, 15) is 12.6 Å². The van der Waals surface area contributed by atoms with Crippen molar-refractivity contribution in [1.29, 1.82) is 0 Å². The average molecular weight is 318 g/mol. The summed E-state index contributed by atoms with van der Waals surface area (Å²) in [6, 6.07) is 4.72. The Morgan fingerprint density at radius 1 is 1.20 bits per heavy atom. The number of fused-ring (bicyclic) bond motifs is 1. The van der Waals surface area contributed by atoms with Crippen molar-refractivity contribution in [3.05, 3.63) is 18.2 Å². The third kappa shape index (κ3) is 3.07. The molecule has 2 aromatic rings. The first kappa shape index (κ1) is 14.7. The second kappa shape index (κ2) is 5.37. The molecule has 1 heterocycles. The van der Waals surface area contributed by atoms with E-state index in [2.05, 4.69) is 23.4 Å². The first-order valence-electron chi connectivity index (χ1n) is 5.87. The fourth-order valence-corrected chi connectivity index (χ4v) is 4.81. The Morgan fingerprint density at radius 3 is 2.55 bits per heavy atom. The van der Waals surface area contributed by atoms with Crippen LogP contribution < -0.4 is 4.72 Å². The predicted octanol–water partition coefficient (Wildman–Crippen LogP) is 1.39. The van der Waals surface area contributed by atoms with Gasteiger partial charge in [-0.2, -0.15) is 8.42 Å². The van der Waals surface area contributed by atoms with Crippen LogP contribution in [0.15, 0.2) is 26.6 Å². The zero-order valence-electron chi connectivity index (χ0n) is 10.9. The summed E-state index contributed by atoms with van der Waals surface area (Å²) in [5, 5.41) is 7.22. The van der Waals surface area contributed by atoms with E-state index in [0.29, 0.717) is 5.52 Å². The summed E-state index contributed by atoms with van der Waals surface area (Å²) in [6.07, 6.45) is 0. The van der Waals surface area contributed by atoms with E-state index < -0.39 is 19.9 Å². The van der Waals surface area contributed by atoms with Gasteiger partial charge in [0.15, 0.2) is 5.52 Å². The van der Waals surface area contributed by atoms with E-state index in [4.69, 9.17) is 0 Å². The van der Waals surface area contributed by atoms with Crippen LogP contribution in [0.4, 0.5) is 5.69 Å². The highest BCUT2D eigenvalue weighted by Gasteiger charge is 2.16. The van der Waals surface area contributed by atoms with Gasteiger partial charge in [0, 0.05) is 11.5 Å². The van der Waals surface area contributed by atoms with E-state index in [0.717, 1.165) is 0 Å². The number of nitrogens with one attached hydrogen (secondary N) is 1. The molecule has 10 heteroatoms. The molecule has 0 bridgehead atoms. The van der Waals surface area contributed by atoms with Gasteiger partial charge in [0.25, 0.3) is 0 Å². The van der Waals surface area contributed by atoms with Crippen molar-refractivity contribution < 1.29 is 17.3 Å². The quantitative estimate of drug-likeness (QED) is 0.890. The Balaban J connectivity index is 2.43. The summed E-state index contributed by atoms with van der Waals surface area (Å²) in [6.45, 7) is 3.26. The highest BCUT2D eigenvalue weighted by Crippen LogP contribution is 2.21. The molecule has 0 unspecified atom stereocenters. The van der Waals surface area contributed by atoms with E-state index >= 15 is 0 Å². The Labute approximate surface area is 116 Å². The zero-order chi connectivity index (χ0) is 14.8. The summed E-state index contributed by atoms with van der Waals surface area (Å²) in [5.74, 6) is 0.334. The van der Waals surface area contributed by atoms with Gasteiger partial charge in [-0.15, -0.1) is 0 Å². The molecule has 110 valence electrons. The van der Waals surface area contributed by atoms with Gasteiger partial charge in [-0.3, -0.25) is 4.72 Å². The van der Waals surface area contributed by atoms with Gasteiger partial charge in [-0.1, -0.05) is 23.7 Å². The normalized spacial score (nSPS) is 12.5. The van der Waals surface area contributed by atoms with Crippen molar-refractivity contribution in [2.24, 2.45) is 3.77 Å². The molecule has 0 saturated carbocycles. The molecule has 2 rings (SSSR count). The van der Waals surface area contributed by atoms with Crippen molar-refractivity contribution in [3.63, 3.8) is 0 Å². The molecule has 0 aliphatic carbocycles. The first-order valence-corrected chi connectivity index (χ1v) is 9.16. The van der Waals surface area contributed by atoms with Gasteiger partial charge >= 0.3 is 10.2 Å². The summed E-state index contributed by atoms with van der Waals surface area (Å²) in [5.41, 5.74) is 0.865. The highest BCUT2D eigenvalue weighted by atomic mass is 32.3. The number of anilines is 1. The van der Waals surface area contributed by atoms with Crippen LogP contribution >= 0.6 is 0 Å². The molecule has 0 atom stereocenters. The maximum absolute atomic E-state index is 12.1. The fraction of sp³-hybridized carbons (Fsp3) is 0.400. The third-order valence-corrected chi connectivity index (χ3v) is 6.81. The smallest absolute Gasteiger partial charge is 0.262 e. The molecule has 8 nitrogen and oxygen atoms in total. The van der Waals surface area contributed by atoms with Crippen LogP contribution in [0.3, 0.4) is 0 Å². The standard InChI is InChI=1S/C10H14N4O4S2/c1-3-19(15,4-2)14-20(16,17)13-9-7-5-6-8-10(9)12-18-11-8/h5-7,13H,3-4H2,1-2H3. The molecule has 0 spiro atoms. The number of aromatic nitrogens is 2. The maximum Gasteiger partial charge on any atom is 0.350 e. The molecule has 0 radical (unpaired) electrons. The fourth-order valence-electron chi connectivity index (χ4n) is 1.53. The van der Waals surface area contributed by atoms with Gasteiger partial charge in [-0.05, 0) is 22.4 Å². The van der Waals surface area contributed by atoms with Crippen LogP contribution in [0.2, 0.25) is 0 Å². The lowest BCUT2D eigenvalue weighted by Crippen LogP contribution is -2.15. The number of nitrogens with zero attached hydrogens (tertiary/aromatic N) is 3. The van der Waals surface area contributed by atoms with Gasteiger partial charge < -0.3 is 0 Å². The van der Waals surface area contributed by atoms with Crippen LogP contribution in [0.5, 0.6) is 0 Å². The van der Waals surface area contributed by atoms with Crippen LogP contribution in [0, 0.1) is 0 Å². The van der Waals surface area contributed by atoms with Gasteiger partial charge in [0.2, 0.25) is 0 Å². The first-order chi connectivity index (χ1) is 9.39. The van der Waals surface area contributed by atoms with Crippen molar-refractivity contribution in [2.75, 3.05) is 16.2 Å². The van der Waals surface area contributed by atoms with E-state index in [1.54, 1.807) is 26.0 Å². The van der Waals surface area contributed by atoms with Crippen molar-refractivity contribution in [3.8, 4) is 0 Å². The van der Waals surface area contributed by atoms with Gasteiger partial charge in [0.1, 0.15) is 5.52 Å². The topological polar surface area (TPSA) is 115 Å². The van der Waals surface area contributed by atoms with Crippen molar-refractivity contribution >= 4 is 36.7 Å². The SMILES string of the molecule is CCS(=O)(CC)=NS(=O)(=O)Nc1cccc2nonc12. The second-order valence-electron chi connectivity index (χ2n) is 3.94. The van der Waals surface area contributed by atoms with Crippen LogP contribution in [-0.4, -0.2) is 34.4 Å². The average Bonchev–Trinajstić information content (AvgIpc) is 2.87. The van der Waals surface area contributed by atoms with E-state index in [-0.39, 0.29) is 22.7 Å². The van der Waals surface area contributed by atoms with Crippen molar-refractivity contribution in [2.45, 2.75) is 13.8 Å². The van der Waals surface area contributed by atoms with Crippen molar-refractivity contribution in [1.82, 2.24) is 10.3 Å². The molecule has 1 aromatic carbocycles. The lowest BCUT2D eigenvalue weighted by molar-refractivity contribution is 0.315. The number of hydrogen-bond acceptors (Lipinski definition) is 6. The molecular weight excluding hydrogens is 304 g/mol. The summed E-state index contributed by atoms with van der Waals surface area (Å²) in [4.78, 5) is 0. The molecule has 20 heavy (non-hydrogen) atoms. The molecule has 0 aliphatic rings. The predicted molar refractivity (Wildman–Crippen MR) is 76.0 cm³/mol. The van der Waals surface area contributed by atoms with Crippen LogP contribution in [-0.2, 0) is 19.9 Å². The Bertz CT molecular complexity index is 824. The Morgan fingerprint density at radius 2 is 1.90 bits per heavy atom. The summed E-state index contributed by atoms with van der Waals surface area (Å²) >= 11 is 0. The van der Waals surface area contributed by atoms with Gasteiger partial charge in [-0.25, -0.2) is 8.84 Å². The number of benzene rings is 1. The molecule has 0 saturated heterocycles. The monoisotopic (exact) mass is 318 g/mol. The summed E-state index contributed by atoms with van der Waals surface area (Å²) in [7, 11) is -6.86. The van der Waals surface area contributed by atoms with E-state index in [1.165, 1.54) is 6.07 Å². The minimum atomic E-state index is -4.10. The Hall–Kier alpha value is -1.68. The molecular formula is C10H14N4O4S2. The second-order valence-corrected chi connectivity index (χ2v) is 8.39. The van der Waals surface area contributed by atoms with Crippen LogP contribution in [0.1, 0.15) is 13.8 Å². The Kier molecular flexibility index (Phi) is 3.95. The maximum atomic E-state index is 12.1. The number of hydrogen-bond donors (Lipinski definition) is 1. The largest absolute Gasteiger partial charge is 0.350 e. The highest BCUT2D eigenvalue weighted by molar-refractivity contribution is 8.03. The molecule has 0 aliphatic heterocycles. The molecule has 0 amide bonds. The minimum Gasteiger partial charge on any atom is -0.262 e. The molecule has 1 aromatic heterocycles. The number of rotatable bonds is 5. The third-order valence-electron chi connectivity index (χ3n) is 2.66. The molecule has 1 N–H and O–H groups in total. The lowest BCUT2D eigenvalue weighted by Gasteiger charge is -2.07. The van der Waals surface area contributed by atoms with Crippen LogP contribution in [0.25, 0.3) is 11.0 Å². The molecule has 0 fully saturated rings. The lowest BCUT2D eigenvalue weighted by atomic mass is 10.3. The van der Waals surface area contributed by atoms with E-state index in [1.807, 2.05) is 0 Å². The zero-order valence-corrected chi connectivity index (χ0v) is 12.6. The van der Waals surface area contributed by atoms with Gasteiger partial charge in [0.05, 0.1) is 15.4 Å². The summed E-state index contributed by atoms with van der Waals surface area (Å²) < 4.78 is 46.3.